The van der Waals surface area contributed by atoms with Crippen LogP contribution in [0.5, 0.6) is 11.8 Å². The van der Waals surface area contributed by atoms with Crippen LogP contribution in [-0.2, 0) is 20.1 Å². The van der Waals surface area contributed by atoms with Crippen molar-refractivity contribution in [2.45, 2.75) is 59.9 Å². The molecular formula is C27H36IN8O3P. The smallest absolute Gasteiger partial charge is 0.236 e. The van der Waals surface area contributed by atoms with Crippen LogP contribution >= 0.6 is 28.4 Å². The number of rotatable bonds is 13. The van der Waals surface area contributed by atoms with Crippen LogP contribution in [0.2, 0.25) is 0 Å². The van der Waals surface area contributed by atoms with Crippen LogP contribution in [0, 0.1) is 19.3 Å². The Morgan fingerprint density at radius 3 is 2.65 bits per heavy atom. The van der Waals surface area contributed by atoms with Crippen molar-refractivity contribution in [1.29, 1.82) is 0 Å². The molecule has 0 aliphatic heterocycles. The number of hydrogen-bond donors (Lipinski definition) is 1. The molecule has 0 aromatic carbocycles. The molecule has 0 aliphatic rings. The lowest BCUT2D eigenvalue weighted by Crippen LogP contribution is -2.35. The Morgan fingerprint density at radius 1 is 1.23 bits per heavy atom. The average Bonchev–Trinajstić information content (AvgIpc) is 3.56. The fourth-order valence-corrected chi connectivity index (χ4v) is 5.97. The lowest BCUT2D eigenvalue weighted by atomic mass is 10.1. The van der Waals surface area contributed by atoms with Gasteiger partial charge in [0, 0.05) is 37.1 Å². The number of aliphatic hydroxyl groups excluding tert-OH is 1. The zero-order valence-corrected chi connectivity index (χ0v) is 26.9. The SMILES string of the molecule is C#Cc1nn(PI)c2cnc(-c3cnn(C)c3OCCN(Cc3c(C)c(OC(C)C)nn3CCO)C(C)C)cc12. The van der Waals surface area contributed by atoms with E-state index in [1.165, 1.54) is 0 Å². The molecule has 40 heavy (non-hydrogen) atoms. The van der Waals surface area contributed by atoms with Gasteiger partial charge in [-0.05, 0) is 68.6 Å². The second-order valence-corrected chi connectivity index (χ2v) is 12.0. The Morgan fingerprint density at radius 2 is 2.00 bits per heavy atom. The first-order chi connectivity index (χ1) is 19.2. The normalized spacial score (nSPS) is 12.1. The average molecular weight is 679 g/mol. The third kappa shape index (κ3) is 6.43. The predicted molar refractivity (Wildman–Crippen MR) is 166 cm³/mol. The number of ether oxygens (including phenoxy) is 2. The Labute approximate surface area is 249 Å². The molecule has 4 rings (SSSR count). The Kier molecular flexibility index (Phi) is 10.1. The molecule has 0 fully saturated rings. The zero-order chi connectivity index (χ0) is 29.0. The summed E-state index contributed by atoms with van der Waals surface area (Å²) in [6.45, 7) is 12.5. The second kappa shape index (κ2) is 13.3. The zero-order valence-electron chi connectivity index (χ0n) is 23.7. The molecule has 11 nitrogen and oxygen atoms in total. The Hall–Kier alpha value is -2.72. The highest BCUT2D eigenvalue weighted by atomic mass is 127. The van der Waals surface area contributed by atoms with Crippen LogP contribution < -0.4 is 9.47 Å². The van der Waals surface area contributed by atoms with Gasteiger partial charge < -0.3 is 14.6 Å². The van der Waals surface area contributed by atoms with E-state index in [9.17, 15) is 5.11 Å². The first-order valence-corrected chi connectivity index (χ1v) is 17.2. The van der Waals surface area contributed by atoms with E-state index >= 15 is 0 Å². The van der Waals surface area contributed by atoms with E-state index in [0.717, 1.165) is 33.4 Å². The van der Waals surface area contributed by atoms with Crippen molar-refractivity contribution >= 4 is 39.3 Å². The van der Waals surface area contributed by atoms with Gasteiger partial charge in [0.25, 0.3) is 0 Å². The molecule has 214 valence electrons. The van der Waals surface area contributed by atoms with Crippen molar-refractivity contribution in [3.63, 3.8) is 0 Å². The van der Waals surface area contributed by atoms with Gasteiger partial charge >= 0.3 is 0 Å². The van der Waals surface area contributed by atoms with Gasteiger partial charge in [0.05, 0.1) is 60.5 Å². The van der Waals surface area contributed by atoms with Crippen LogP contribution in [0.3, 0.4) is 0 Å². The minimum atomic E-state index is 0.00516. The summed E-state index contributed by atoms with van der Waals surface area (Å²) in [5.74, 6) is 3.93. The van der Waals surface area contributed by atoms with Crippen LogP contribution in [0.25, 0.3) is 22.2 Å². The molecule has 13 heteroatoms. The van der Waals surface area contributed by atoms with Gasteiger partial charge in [-0.15, -0.1) is 11.5 Å². The van der Waals surface area contributed by atoms with Crippen LogP contribution in [0.4, 0.5) is 0 Å². The number of fused-ring (bicyclic) bond motifs is 1. The van der Waals surface area contributed by atoms with Gasteiger partial charge in [0.1, 0.15) is 12.3 Å². The fourth-order valence-electron chi connectivity index (χ4n) is 4.45. The molecule has 1 N–H and O–H groups in total. The van der Waals surface area contributed by atoms with E-state index in [0.29, 0.717) is 50.1 Å². The van der Waals surface area contributed by atoms with Gasteiger partial charge in [0.2, 0.25) is 11.8 Å². The first kappa shape index (κ1) is 30.2. The van der Waals surface area contributed by atoms with E-state index in [2.05, 4.69) is 67.0 Å². The maximum absolute atomic E-state index is 9.60. The molecule has 0 spiro atoms. The standard InChI is InChI=1S/C27H36IN8O3P/c1-8-22-20-13-23(29-15-24(20)36(31-22)40-28)21-14-30-33(7)27(21)38-12-10-34(17(2)3)16-25-19(6)26(39-18(4)5)32-35(25)9-11-37/h1,13-15,17-18,37,40H,9-12,16H2,2-7H3. The lowest BCUT2D eigenvalue weighted by Gasteiger charge is -2.27. The molecule has 4 heterocycles. The van der Waals surface area contributed by atoms with Gasteiger partial charge in [0.15, 0.2) is 0 Å². The third-order valence-electron chi connectivity index (χ3n) is 6.58. The van der Waals surface area contributed by atoms with Gasteiger partial charge in [-0.2, -0.15) is 10.2 Å². The molecule has 0 amide bonds. The molecule has 0 bridgehead atoms. The fraction of sp³-hybridized carbons (Fsp3) is 0.481. The summed E-state index contributed by atoms with van der Waals surface area (Å²) in [6, 6.07) is 2.21. The highest BCUT2D eigenvalue weighted by Gasteiger charge is 2.22. The van der Waals surface area contributed by atoms with Crippen LogP contribution in [0.1, 0.15) is 44.6 Å². The van der Waals surface area contributed by atoms with Gasteiger partial charge in [-0.25, -0.2) is 9.13 Å². The minimum absolute atomic E-state index is 0.00516. The number of hydrogen-bond acceptors (Lipinski definition) is 8. The quantitative estimate of drug-likeness (QED) is 0.128. The molecule has 1 unspecified atom stereocenters. The van der Waals surface area contributed by atoms with Crippen molar-refractivity contribution < 1.29 is 14.6 Å². The van der Waals surface area contributed by atoms with Gasteiger partial charge in [-0.3, -0.25) is 14.6 Å². The summed E-state index contributed by atoms with van der Waals surface area (Å²) >= 11 is 2.28. The van der Waals surface area contributed by atoms with Crippen LogP contribution in [0.15, 0.2) is 18.5 Å². The van der Waals surface area contributed by atoms with Gasteiger partial charge in [-0.1, -0.05) is 0 Å². The van der Waals surface area contributed by atoms with Crippen molar-refractivity contribution in [2.24, 2.45) is 7.05 Å². The Balaban J connectivity index is 1.53. The molecule has 1 atom stereocenters. The number of aliphatic hydroxyl groups is 1. The second-order valence-electron chi connectivity index (χ2n) is 9.97. The molecule has 0 radical (unpaired) electrons. The largest absolute Gasteiger partial charge is 0.476 e. The summed E-state index contributed by atoms with van der Waals surface area (Å²) < 4.78 is 17.7. The molecule has 0 saturated heterocycles. The summed E-state index contributed by atoms with van der Waals surface area (Å²) in [5, 5.41) is 24.0. The molecule has 4 aromatic rings. The number of terminal acetylenes is 1. The molecular weight excluding hydrogens is 642 g/mol. The minimum Gasteiger partial charge on any atom is -0.476 e. The highest BCUT2D eigenvalue weighted by Crippen LogP contribution is 2.34. The number of nitrogens with zero attached hydrogens (tertiary/aromatic N) is 8. The molecule has 0 aliphatic carbocycles. The topological polar surface area (TPSA) is 108 Å². The van der Waals surface area contributed by atoms with E-state index in [1.807, 2.05) is 43.0 Å². The highest BCUT2D eigenvalue weighted by molar-refractivity contribution is 14.2. The third-order valence-corrected chi connectivity index (χ3v) is 8.45. The van der Waals surface area contributed by atoms with Crippen LogP contribution in [-0.4, -0.2) is 76.0 Å². The van der Waals surface area contributed by atoms with E-state index in [-0.39, 0.29) is 18.8 Å². The predicted octanol–water partition coefficient (Wildman–Crippen LogP) is 4.18. The van der Waals surface area contributed by atoms with Crippen molar-refractivity contribution in [1.82, 2.24) is 39.0 Å². The number of halogens is 1. The Bertz CT molecular complexity index is 1500. The monoisotopic (exact) mass is 678 g/mol. The summed E-state index contributed by atoms with van der Waals surface area (Å²) in [7, 11) is 1.85. The molecule has 0 saturated carbocycles. The first-order valence-electron chi connectivity index (χ1n) is 13.1. The maximum atomic E-state index is 9.60. The summed E-state index contributed by atoms with van der Waals surface area (Å²) in [6.07, 6.45) is 9.73. The summed E-state index contributed by atoms with van der Waals surface area (Å²) in [5.41, 5.74) is 5.03. The van der Waals surface area contributed by atoms with Crippen molar-refractivity contribution in [3.05, 3.63) is 35.4 Å². The summed E-state index contributed by atoms with van der Waals surface area (Å²) in [4.78, 5) is 7.00. The van der Waals surface area contributed by atoms with E-state index in [4.69, 9.17) is 15.9 Å². The number of aromatic nitrogens is 7. The van der Waals surface area contributed by atoms with E-state index < -0.39 is 0 Å². The lowest BCUT2D eigenvalue weighted by molar-refractivity contribution is 0.158. The van der Waals surface area contributed by atoms with Crippen molar-refractivity contribution in [3.8, 4) is 35.4 Å². The molecule has 4 aromatic heterocycles. The number of pyridine rings is 1. The number of aryl methyl sites for hydroxylation is 1. The van der Waals surface area contributed by atoms with E-state index in [1.54, 1.807) is 17.1 Å². The maximum Gasteiger partial charge on any atom is 0.236 e. The van der Waals surface area contributed by atoms with Crippen molar-refractivity contribution in [2.75, 3.05) is 19.8 Å².